The molecule has 0 heteroatoms. The van der Waals surface area contributed by atoms with Gasteiger partial charge in [0.2, 0.25) is 0 Å². The Morgan fingerprint density at radius 1 is 0.750 bits per heavy atom. The fourth-order valence-electron chi connectivity index (χ4n) is 3.03. The van der Waals surface area contributed by atoms with Crippen LogP contribution in [0.2, 0.25) is 0 Å². The second-order valence-electron chi connectivity index (χ2n) is 6.03. The molecule has 0 saturated carbocycles. The summed E-state index contributed by atoms with van der Waals surface area (Å²) in [5.41, 5.74) is 7.59. The molecule has 0 spiro atoms. The van der Waals surface area contributed by atoms with E-state index >= 15 is 0 Å². The van der Waals surface area contributed by atoms with E-state index in [4.69, 9.17) is 0 Å². The fraction of sp³-hybridized carbons (Fsp3) is 0.167. The Morgan fingerprint density at radius 2 is 1.42 bits per heavy atom. The third kappa shape index (κ3) is 3.76. The molecule has 0 aromatic heterocycles. The molecule has 118 valence electrons. The van der Waals surface area contributed by atoms with Crippen LogP contribution < -0.4 is 0 Å². The van der Waals surface area contributed by atoms with Gasteiger partial charge in [-0.2, -0.15) is 0 Å². The molecule has 0 heterocycles. The normalized spacial score (nSPS) is 10.1. The van der Waals surface area contributed by atoms with E-state index in [1.807, 2.05) is 18.2 Å². The second kappa shape index (κ2) is 7.66. The molecule has 0 radical (unpaired) electrons. The molecule has 0 aliphatic heterocycles. The van der Waals surface area contributed by atoms with Gasteiger partial charge in [-0.15, -0.1) is 0 Å². The first kappa shape index (κ1) is 16.1. The van der Waals surface area contributed by atoms with Gasteiger partial charge in [-0.3, -0.25) is 0 Å². The number of aryl methyl sites for hydroxylation is 1. The summed E-state index contributed by atoms with van der Waals surface area (Å²) in [6.07, 6.45) is 1.93. The summed E-state index contributed by atoms with van der Waals surface area (Å²) < 4.78 is 0. The first-order valence-electron chi connectivity index (χ1n) is 8.50. The summed E-state index contributed by atoms with van der Waals surface area (Å²) in [7, 11) is 0. The molecule has 0 nitrogen and oxygen atoms in total. The maximum Gasteiger partial charge on any atom is 0.0319 e. The van der Waals surface area contributed by atoms with Gasteiger partial charge in [0.15, 0.2) is 0 Å². The first-order chi connectivity index (χ1) is 11.8. The molecule has 24 heavy (non-hydrogen) atoms. The zero-order valence-corrected chi connectivity index (χ0v) is 14.3. The predicted molar refractivity (Wildman–Crippen MR) is 102 cm³/mol. The number of rotatable bonds is 3. The van der Waals surface area contributed by atoms with Crippen LogP contribution in [0.3, 0.4) is 0 Å². The Balaban J connectivity index is 2.05. The topological polar surface area (TPSA) is 0 Å². The number of hydrogen-bond donors (Lipinski definition) is 0. The number of hydrogen-bond acceptors (Lipinski definition) is 0. The van der Waals surface area contributed by atoms with Gasteiger partial charge in [0.1, 0.15) is 0 Å². The van der Waals surface area contributed by atoms with Crippen molar-refractivity contribution in [1.29, 1.82) is 0 Å². The van der Waals surface area contributed by atoms with Gasteiger partial charge >= 0.3 is 0 Å². The third-order valence-corrected chi connectivity index (χ3v) is 4.33. The van der Waals surface area contributed by atoms with E-state index in [1.54, 1.807) is 0 Å². The summed E-state index contributed by atoms with van der Waals surface area (Å²) in [5.74, 6) is 6.80. The quantitative estimate of drug-likeness (QED) is 0.557. The van der Waals surface area contributed by atoms with Gasteiger partial charge in [-0.05, 0) is 54.2 Å². The molecule has 0 aliphatic rings. The zero-order valence-electron chi connectivity index (χ0n) is 14.3. The van der Waals surface area contributed by atoms with Crippen LogP contribution in [0.25, 0.3) is 0 Å². The highest BCUT2D eigenvalue weighted by molar-refractivity contribution is 5.54. The summed E-state index contributed by atoms with van der Waals surface area (Å²) in [4.78, 5) is 0. The maximum absolute atomic E-state index is 3.46. The molecule has 0 amide bonds. The van der Waals surface area contributed by atoms with E-state index in [0.717, 1.165) is 18.4 Å². The Bertz CT molecular complexity index is 862. The van der Waals surface area contributed by atoms with Crippen molar-refractivity contribution in [2.45, 2.75) is 26.7 Å². The lowest BCUT2D eigenvalue weighted by molar-refractivity contribution is 1.07. The fourth-order valence-corrected chi connectivity index (χ4v) is 3.03. The first-order valence-corrected chi connectivity index (χ1v) is 8.50. The predicted octanol–water partition coefficient (Wildman–Crippen LogP) is 5.55. The minimum absolute atomic E-state index is 0.924. The highest BCUT2D eigenvalue weighted by atomic mass is 14.1. The molecule has 3 rings (SSSR count). The third-order valence-electron chi connectivity index (χ3n) is 4.33. The van der Waals surface area contributed by atoms with E-state index in [-0.39, 0.29) is 0 Å². The lowest BCUT2D eigenvalue weighted by atomic mass is 9.91. The van der Waals surface area contributed by atoms with E-state index in [9.17, 15) is 0 Å². The number of benzene rings is 3. The van der Waals surface area contributed by atoms with Crippen molar-refractivity contribution < 1.29 is 0 Å². The molecular weight excluding hydrogens is 288 g/mol. The van der Waals surface area contributed by atoms with Crippen LogP contribution in [0.5, 0.6) is 0 Å². The smallest absolute Gasteiger partial charge is 0.0319 e. The van der Waals surface area contributed by atoms with Crippen molar-refractivity contribution in [3.8, 4) is 11.8 Å². The molecule has 0 aliphatic carbocycles. The lowest BCUT2D eigenvalue weighted by Crippen LogP contribution is -2.00. The summed E-state index contributed by atoms with van der Waals surface area (Å²) in [5, 5.41) is 0. The summed E-state index contributed by atoms with van der Waals surface area (Å²) >= 11 is 0. The van der Waals surface area contributed by atoms with E-state index < -0.39 is 0 Å². The van der Waals surface area contributed by atoms with Crippen molar-refractivity contribution in [2.75, 3.05) is 0 Å². The zero-order chi connectivity index (χ0) is 16.8. The summed E-state index contributed by atoms with van der Waals surface area (Å²) in [6.45, 7) is 4.39. The standard InChI is InChI=1S/C24H22/c1-3-23-19(2)14-16-22(18-21-12-8-5-9-13-21)24(23)17-15-20-10-6-4-7-11-20/h4-14,16H,3,18H2,1-2H3. The van der Waals surface area contributed by atoms with Crippen molar-refractivity contribution in [3.63, 3.8) is 0 Å². The molecule has 0 fully saturated rings. The Morgan fingerprint density at radius 3 is 2.08 bits per heavy atom. The molecule has 0 atom stereocenters. The monoisotopic (exact) mass is 310 g/mol. The van der Waals surface area contributed by atoms with E-state index in [2.05, 4.69) is 80.3 Å². The molecular formula is C24H22. The average molecular weight is 310 g/mol. The highest BCUT2D eigenvalue weighted by Gasteiger charge is 2.09. The van der Waals surface area contributed by atoms with Crippen LogP contribution in [0.15, 0.2) is 72.8 Å². The van der Waals surface area contributed by atoms with E-state index in [0.29, 0.717) is 0 Å². The van der Waals surface area contributed by atoms with Crippen LogP contribution in [0.4, 0.5) is 0 Å². The molecule has 3 aromatic carbocycles. The van der Waals surface area contributed by atoms with Gasteiger partial charge in [0.25, 0.3) is 0 Å². The van der Waals surface area contributed by atoms with Crippen LogP contribution in [-0.4, -0.2) is 0 Å². The average Bonchev–Trinajstić information content (AvgIpc) is 2.63. The van der Waals surface area contributed by atoms with Crippen molar-refractivity contribution in [1.82, 2.24) is 0 Å². The minimum atomic E-state index is 0.924. The van der Waals surface area contributed by atoms with Crippen LogP contribution in [-0.2, 0) is 12.8 Å². The van der Waals surface area contributed by atoms with Crippen LogP contribution in [0.1, 0.15) is 40.3 Å². The summed E-state index contributed by atoms with van der Waals surface area (Å²) in [6, 6.07) is 25.3. The van der Waals surface area contributed by atoms with Gasteiger partial charge in [0.05, 0.1) is 0 Å². The van der Waals surface area contributed by atoms with Crippen molar-refractivity contribution in [3.05, 3.63) is 106 Å². The Labute approximate surface area is 145 Å². The minimum Gasteiger partial charge on any atom is -0.0622 e. The highest BCUT2D eigenvalue weighted by Crippen LogP contribution is 2.22. The van der Waals surface area contributed by atoms with Gasteiger partial charge in [-0.25, -0.2) is 0 Å². The largest absolute Gasteiger partial charge is 0.0622 e. The SMILES string of the molecule is CCc1c(C)ccc(Cc2ccccc2)c1C#Cc1ccccc1. The lowest BCUT2D eigenvalue weighted by Gasteiger charge is -2.12. The van der Waals surface area contributed by atoms with E-state index in [1.165, 1.54) is 27.8 Å². The van der Waals surface area contributed by atoms with Gasteiger partial charge < -0.3 is 0 Å². The Hall–Kier alpha value is -2.78. The van der Waals surface area contributed by atoms with Gasteiger partial charge in [0, 0.05) is 11.1 Å². The molecule has 0 saturated heterocycles. The Kier molecular flexibility index (Phi) is 5.14. The van der Waals surface area contributed by atoms with Crippen molar-refractivity contribution >= 4 is 0 Å². The molecule has 0 N–H and O–H groups in total. The second-order valence-corrected chi connectivity index (χ2v) is 6.03. The van der Waals surface area contributed by atoms with Crippen LogP contribution in [0, 0.1) is 18.8 Å². The molecule has 0 unspecified atom stereocenters. The van der Waals surface area contributed by atoms with Crippen LogP contribution >= 0.6 is 0 Å². The van der Waals surface area contributed by atoms with Gasteiger partial charge in [-0.1, -0.05) is 79.4 Å². The molecule has 3 aromatic rings. The van der Waals surface area contributed by atoms with Crippen molar-refractivity contribution in [2.24, 2.45) is 0 Å². The maximum atomic E-state index is 3.46. The molecule has 0 bridgehead atoms.